The van der Waals surface area contributed by atoms with E-state index in [2.05, 4.69) is 32.0 Å². The van der Waals surface area contributed by atoms with Gasteiger partial charge in [0.05, 0.1) is 0 Å². The first kappa shape index (κ1) is 10.8. The van der Waals surface area contributed by atoms with E-state index in [1.807, 2.05) is 13.0 Å². The summed E-state index contributed by atoms with van der Waals surface area (Å²) in [5.41, 5.74) is 10.8. The van der Waals surface area contributed by atoms with Crippen molar-refractivity contribution in [3.8, 4) is 0 Å². The molecule has 0 atom stereocenters. The molecule has 0 spiro atoms. The van der Waals surface area contributed by atoms with Gasteiger partial charge in [0.2, 0.25) is 0 Å². The third kappa shape index (κ3) is 2.16. The average Bonchev–Trinajstić information content (AvgIpc) is 2.20. The Morgan fingerprint density at radius 3 is 2.71 bits per heavy atom. The van der Waals surface area contributed by atoms with E-state index < -0.39 is 0 Å². The van der Waals surface area contributed by atoms with Crippen LogP contribution >= 0.6 is 0 Å². The maximum Gasteiger partial charge on any atom is 0.0347 e. The topological polar surface area (TPSA) is 26.0 Å². The molecule has 1 rings (SSSR count). The van der Waals surface area contributed by atoms with Gasteiger partial charge in [-0.25, -0.2) is 0 Å². The molecule has 76 valence electrons. The lowest BCUT2D eigenvalue weighted by molar-refractivity contribution is 0.908. The third-order valence-corrected chi connectivity index (χ3v) is 2.53. The Hall–Kier alpha value is -1.24. The first-order valence-electron chi connectivity index (χ1n) is 5.21. The number of nitrogens with two attached hydrogens (primary N) is 1. The zero-order valence-electron chi connectivity index (χ0n) is 9.30. The summed E-state index contributed by atoms with van der Waals surface area (Å²) < 4.78 is 0. The zero-order valence-corrected chi connectivity index (χ0v) is 9.30. The summed E-state index contributed by atoms with van der Waals surface area (Å²) in [5.74, 6) is 0. The van der Waals surface area contributed by atoms with Crippen LogP contribution in [0.4, 0.5) is 0 Å². The smallest absolute Gasteiger partial charge is 0.0347 e. The van der Waals surface area contributed by atoms with Crippen molar-refractivity contribution in [2.24, 2.45) is 5.73 Å². The van der Waals surface area contributed by atoms with Crippen LogP contribution < -0.4 is 5.73 Å². The van der Waals surface area contributed by atoms with Crippen molar-refractivity contribution in [3.63, 3.8) is 0 Å². The SMILES string of the molecule is C/C=C(/N)c1cccc(C)c1CCC. The maximum absolute atomic E-state index is 5.96. The summed E-state index contributed by atoms with van der Waals surface area (Å²) in [4.78, 5) is 0. The van der Waals surface area contributed by atoms with Gasteiger partial charge in [-0.1, -0.05) is 37.6 Å². The van der Waals surface area contributed by atoms with E-state index in [4.69, 9.17) is 5.73 Å². The fraction of sp³-hybridized carbons (Fsp3) is 0.385. The predicted molar refractivity (Wildman–Crippen MR) is 63.0 cm³/mol. The molecule has 0 saturated heterocycles. The van der Waals surface area contributed by atoms with Crippen LogP contribution in [0.3, 0.4) is 0 Å². The lowest BCUT2D eigenvalue weighted by Gasteiger charge is -2.11. The summed E-state index contributed by atoms with van der Waals surface area (Å²) in [7, 11) is 0. The minimum Gasteiger partial charge on any atom is -0.399 e. The molecule has 1 aromatic carbocycles. The second-order valence-electron chi connectivity index (χ2n) is 3.60. The van der Waals surface area contributed by atoms with Crippen molar-refractivity contribution in [1.29, 1.82) is 0 Å². The van der Waals surface area contributed by atoms with E-state index in [0.717, 1.165) is 18.5 Å². The van der Waals surface area contributed by atoms with Crippen molar-refractivity contribution in [3.05, 3.63) is 41.0 Å². The van der Waals surface area contributed by atoms with Gasteiger partial charge in [-0.05, 0) is 31.4 Å². The standard InChI is InChI=1S/C13H19N/c1-4-7-11-10(3)8-6-9-12(11)13(14)5-2/h5-6,8-9H,4,7,14H2,1-3H3/b13-5+. The molecule has 0 radical (unpaired) electrons. The number of rotatable bonds is 3. The summed E-state index contributed by atoms with van der Waals surface area (Å²) in [6.07, 6.45) is 4.24. The van der Waals surface area contributed by atoms with E-state index in [1.165, 1.54) is 16.7 Å². The van der Waals surface area contributed by atoms with Gasteiger partial charge >= 0.3 is 0 Å². The minimum absolute atomic E-state index is 0.886. The molecule has 0 aliphatic rings. The summed E-state index contributed by atoms with van der Waals surface area (Å²) in [5, 5.41) is 0. The van der Waals surface area contributed by atoms with Crippen LogP contribution in [0.15, 0.2) is 24.3 Å². The van der Waals surface area contributed by atoms with E-state index in [0.29, 0.717) is 0 Å². The second-order valence-corrected chi connectivity index (χ2v) is 3.60. The Labute approximate surface area is 86.6 Å². The van der Waals surface area contributed by atoms with Gasteiger partial charge in [-0.15, -0.1) is 0 Å². The van der Waals surface area contributed by atoms with Gasteiger partial charge in [0, 0.05) is 11.3 Å². The molecule has 0 heterocycles. The molecule has 0 aromatic heterocycles. The molecule has 14 heavy (non-hydrogen) atoms. The number of hydrogen-bond donors (Lipinski definition) is 1. The predicted octanol–water partition coefficient (Wildman–Crippen LogP) is 3.27. The van der Waals surface area contributed by atoms with E-state index in [-0.39, 0.29) is 0 Å². The Balaban J connectivity index is 3.21. The van der Waals surface area contributed by atoms with Crippen LogP contribution in [0, 0.1) is 6.92 Å². The Kier molecular flexibility index (Phi) is 3.75. The highest BCUT2D eigenvalue weighted by Crippen LogP contribution is 2.20. The van der Waals surface area contributed by atoms with Gasteiger partial charge in [-0.2, -0.15) is 0 Å². The molecule has 1 heteroatoms. The number of allylic oxidation sites excluding steroid dienone is 1. The first-order chi connectivity index (χ1) is 6.70. The summed E-state index contributed by atoms with van der Waals surface area (Å²) in [6, 6.07) is 6.32. The summed E-state index contributed by atoms with van der Waals surface area (Å²) >= 11 is 0. The van der Waals surface area contributed by atoms with Gasteiger partial charge in [0.15, 0.2) is 0 Å². The van der Waals surface area contributed by atoms with Crippen molar-refractivity contribution >= 4 is 5.70 Å². The minimum atomic E-state index is 0.886. The van der Waals surface area contributed by atoms with Crippen LogP contribution in [0.25, 0.3) is 5.70 Å². The van der Waals surface area contributed by atoms with Crippen LogP contribution in [0.5, 0.6) is 0 Å². The van der Waals surface area contributed by atoms with E-state index in [9.17, 15) is 0 Å². The highest BCUT2D eigenvalue weighted by atomic mass is 14.6. The van der Waals surface area contributed by atoms with Crippen LogP contribution in [0.2, 0.25) is 0 Å². The largest absolute Gasteiger partial charge is 0.399 e. The zero-order chi connectivity index (χ0) is 10.6. The summed E-state index contributed by atoms with van der Waals surface area (Å²) in [6.45, 7) is 6.33. The molecule has 0 saturated carbocycles. The highest BCUT2D eigenvalue weighted by molar-refractivity contribution is 5.66. The molecule has 0 unspecified atom stereocenters. The molecule has 0 aliphatic heterocycles. The molecule has 1 nitrogen and oxygen atoms in total. The van der Waals surface area contributed by atoms with Gasteiger partial charge in [-0.3, -0.25) is 0 Å². The fourth-order valence-electron chi connectivity index (χ4n) is 1.71. The van der Waals surface area contributed by atoms with E-state index in [1.54, 1.807) is 0 Å². The van der Waals surface area contributed by atoms with E-state index >= 15 is 0 Å². The van der Waals surface area contributed by atoms with Crippen LogP contribution in [-0.2, 0) is 6.42 Å². The fourth-order valence-corrected chi connectivity index (χ4v) is 1.71. The number of hydrogen-bond acceptors (Lipinski definition) is 1. The number of aryl methyl sites for hydroxylation is 1. The lowest BCUT2D eigenvalue weighted by atomic mass is 9.96. The number of benzene rings is 1. The van der Waals surface area contributed by atoms with Crippen molar-refractivity contribution in [1.82, 2.24) is 0 Å². The van der Waals surface area contributed by atoms with Crippen LogP contribution in [-0.4, -0.2) is 0 Å². The molecule has 0 fully saturated rings. The van der Waals surface area contributed by atoms with Crippen molar-refractivity contribution in [2.45, 2.75) is 33.6 Å². The normalized spacial score (nSPS) is 11.8. The van der Waals surface area contributed by atoms with Gasteiger partial charge in [0.25, 0.3) is 0 Å². The Morgan fingerprint density at radius 2 is 2.14 bits per heavy atom. The molecule has 2 N–H and O–H groups in total. The van der Waals surface area contributed by atoms with Gasteiger partial charge in [0.1, 0.15) is 0 Å². The molecule has 0 amide bonds. The quantitative estimate of drug-likeness (QED) is 0.776. The third-order valence-electron chi connectivity index (χ3n) is 2.53. The molecular weight excluding hydrogens is 170 g/mol. The molecule has 0 bridgehead atoms. The maximum atomic E-state index is 5.96. The first-order valence-corrected chi connectivity index (χ1v) is 5.21. The Bertz CT molecular complexity index is 337. The van der Waals surface area contributed by atoms with Crippen LogP contribution in [0.1, 0.15) is 37.0 Å². The van der Waals surface area contributed by atoms with Crippen molar-refractivity contribution < 1.29 is 0 Å². The monoisotopic (exact) mass is 189 g/mol. The van der Waals surface area contributed by atoms with Gasteiger partial charge < -0.3 is 5.73 Å². The molecular formula is C13H19N. The average molecular weight is 189 g/mol. The molecule has 0 aliphatic carbocycles. The second kappa shape index (κ2) is 4.85. The Morgan fingerprint density at radius 1 is 1.43 bits per heavy atom. The highest BCUT2D eigenvalue weighted by Gasteiger charge is 2.05. The lowest BCUT2D eigenvalue weighted by Crippen LogP contribution is -2.02. The van der Waals surface area contributed by atoms with Crippen molar-refractivity contribution in [2.75, 3.05) is 0 Å². The molecule has 1 aromatic rings.